The number of aromatic nitrogens is 4. The number of fused-ring (bicyclic) bond motifs is 13. The molecule has 3 aromatic heterocycles. The zero-order valence-electron chi connectivity index (χ0n) is 32.9. The van der Waals surface area contributed by atoms with Crippen LogP contribution in [0.4, 0.5) is 11.4 Å². The highest BCUT2D eigenvalue weighted by Crippen LogP contribution is 2.55. The van der Waals surface area contributed by atoms with Crippen LogP contribution in [0, 0.1) is 0 Å². The van der Waals surface area contributed by atoms with Crippen LogP contribution < -0.4 is 15.6 Å². The third-order valence-corrected chi connectivity index (χ3v) is 13.4. The standard InChI is InChI=1S/C56H35N5/c1-3-16-35(17-4-1)53-42-23-11-13-25-45(42)57-56(58-53)61-47-29-28-36(31-44(47)51-39-20-8-7-15-34(39)27-30-48(51)61)37-32-49-40-21-9-10-22-41(40)54-55-52(50(33-37)60(49)54)43-24-12-14-26-46(43)59(55)38-18-5-2-6-19-38/h1-33,50,52H. The van der Waals surface area contributed by atoms with Crippen LogP contribution in [0.1, 0.15) is 23.1 Å². The van der Waals surface area contributed by atoms with Crippen LogP contribution in [-0.4, -0.2) is 19.1 Å². The van der Waals surface area contributed by atoms with Crippen LogP contribution >= 0.6 is 0 Å². The summed E-state index contributed by atoms with van der Waals surface area (Å²) < 4.78 is 4.90. The maximum absolute atomic E-state index is 5.38. The zero-order valence-corrected chi connectivity index (χ0v) is 32.9. The van der Waals surface area contributed by atoms with Crippen molar-refractivity contribution in [2.75, 3.05) is 4.90 Å². The second kappa shape index (κ2) is 12.3. The Hall–Kier alpha value is -8.02. The Balaban J connectivity index is 1.02. The van der Waals surface area contributed by atoms with Crippen molar-refractivity contribution in [3.8, 4) is 17.2 Å². The Bertz CT molecular complexity index is 3840. The number of anilines is 2. The summed E-state index contributed by atoms with van der Waals surface area (Å²) in [5.74, 6) is 0.842. The van der Waals surface area contributed by atoms with E-state index in [4.69, 9.17) is 9.97 Å². The molecule has 0 bridgehead atoms. The largest absolute Gasteiger partial charge is 0.331 e. The normalized spacial score (nSPS) is 16.4. The lowest BCUT2D eigenvalue weighted by Gasteiger charge is -2.24. The molecular weight excluding hydrogens is 743 g/mol. The van der Waals surface area contributed by atoms with Gasteiger partial charge < -0.3 is 9.47 Å². The van der Waals surface area contributed by atoms with E-state index in [1.165, 1.54) is 76.8 Å². The van der Waals surface area contributed by atoms with Gasteiger partial charge in [0.1, 0.15) is 0 Å². The van der Waals surface area contributed by atoms with Gasteiger partial charge in [-0.3, -0.25) is 4.57 Å². The van der Waals surface area contributed by atoms with Crippen LogP contribution in [0.3, 0.4) is 0 Å². The number of allylic oxidation sites excluding steroid dienone is 2. The van der Waals surface area contributed by atoms with Gasteiger partial charge in [-0.05, 0) is 76.0 Å². The van der Waals surface area contributed by atoms with Crippen molar-refractivity contribution in [1.82, 2.24) is 19.1 Å². The first kappa shape index (κ1) is 32.9. The minimum absolute atomic E-state index is 0.113. The van der Waals surface area contributed by atoms with Gasteiger partial charge in [-0.15, -0.1) is 0 Å². The van der Waals surface area contributed by atoms with Gasteiger partial charge >= 0.3 is 0 Å². The summed E-state index contributed by atoms with van der Waals surface area (Å²) in [5, 5.41) is 11.0. The maximum Gasteiger partial charge on any atom is 0.235 e. The molecule has 0 saturated carbocycles. The molecule has 284 valence electrons. The Morgan fingerprint density at radius 1 is 0.508 bits per heavy atom. The molecule has 61 heavy (non-hydrogen) atoms. The first-order valence-corrected chi connectivity index (χ1v) is 21.1. The van der Waals surface area contributed by atoms with Crippen LogP contribution in [0.5, 0.6) is 0 Å². The number of hydrogen-bond acceptors (Lipinski definition) is 3. The topological polar surface area (TPSA) is 38.9 Å². The third-order valence-electron chi connectivity index (χ3n) is 13.4. The predicted octanol–water partition coefficient (Wildman–Crippen LogP) is 12.0. The molecule has 5 nitrogen and oxygen atoms in total. The van der Waals surface area contributed by atoms with Crippen molar-refractivity contribution in [3.05, 3.63) is 216 Å². The maximum atomic E-state index is 5.38. The number of benzene rings is 8. The fourth-order valence-electron chi connectivity index (χ4n) is 10.9. The lowest BCUT2D eigenvalue weighted by atomic mass is 9.88. The van der Waals surface area contributed by atoms with E-state index < -0.39 is 0 Å². The Labute approximate surface area is 350 Å². The van der Waals surface area contributed by atoms with E-state index in [2.05, 4.69) is 214 Å². The molecule has 0 fully saturated rings. The number of para-hydroxylation sites is 3. The van der Waals surface area contributed by atoms with E-state index in [1.807, 2.05) is 0 Å². The third kappa shape index (κ3) is 4.49. The summed E-state index contributed by atoms with van der Waals surface area (Å²) >= 11 is 0. The predicted molar refractivity (Wildman–Crippen MR) is 251 cm³/mol. The summed E-state index contributed by atoms with van der Waals surface area (Å²) in [6.07, 6.45) is 4.97. The van der Waals surface area contributed by atoms with E-state index in [1.54, 1.807) is 0 Å². The Kier molecular flexibility index (Phi) is 6.61. The molecule has 14 rings (SSSR count). The van der Waals surface area contributed by atoms with Gasteiger partial charge in [0.15, 0.2) is 0 Å². The summed E-state index contributed by atoms with van der Waals surface area (Å²) in [7, 11) is 0. The molecular formula is C56H35N5. The molecule has 8 aromatic carbocycles. The van der Waals surface area contributed by atoms with E-state index in [9.17, 15) is 0 Å². The van der Waals surface area contributed by atoms with E-state index in [0.717, 1.165) is 33.2 Å². The summed E-state index contributed by atoms with van der Waals surface area (Å²) in [6.45, 7) is 0. The lowest BCUT2D eigenvalue weighted by Crippen LogP contribution is -2.30. The summed E-state index contributed by atoms with van der Waals surface area (Å²) in [4.78, 5) is 13.2. The van der Waals surface area contributed by atoms with Crippen molar-refractivity contribution in [1.29, 1.82) is 0 Å². The SMILES string of the molecule is C1=C(c2ccc3c(c2)c2c4ccccc4ccc2n3-c2nc(-c3ccccc3)c3ccccc3n2)C=c2c3ccccc3c3n2C1C1C=3N(c2ccccc2)c2ccccc21. The molecule has 11 aromatic rings. The van der Waals surface area contributed by atoms with Crippen molar-refractivity contribution in [2.24, 2.45) is 0 Å². The molecule has 0 N–H and O–H groups in total. The van der Waals surface area contributed by atoms with Gasteiger partial charge in [0.25, 0.3) is 0 Å². The number of rotatable bonds is 4. The van der Waals surface area contributed by atoms with Gasteiger partial charge in [0, 0.05) is 43.9 Å². The molecule has 3 aliphatic heterocycles. The molecule has 3 aliphatic rings. The molecule has 0 spiro atoms. The fourth-order valence-corrected chi connectivity index (χ4v) is 10.9. The number of hydrogen-bond donors (Lipinski definition) is 0. The molecule has 6 heterocycles. The smallest absolute Gasteiger partial charge is 0.235 e. The van der Waals surface area contributed by atoms with Gasteiger partial charge in [0.2, 0.25) is 5.95 Å². The molecule has 0 amide bonds. The molecule has 0 aliphatic carbocycles. The monoisotopic (exact) mass is 777 g/mol. The second-order valence-electron chi connectivity index (χ2n) is 16.5. The first-order chi connectivity index (χ1) is 30.3. The van der Waals surface area contributed by atoms with Crippen LogP contribution in [0.15, 0.2) is 194 Å². The molecule has 0 saturated heterocycles. The highest BCUT2D eigenvalue weighted by molar-refractivity contribution is 6.22. The van der Waals surface area contributed by atoms with Crippen molar-refractivity contribution in [2.45, 2.75) is 12.0 Å². The van der Waals surface area contributed by atoms with Gasteiger partial charge in [-0.25, -0.2) is 9.97 Å². The lowest BCUT2D eigenvalue weighted by molar-refractivity contribution is 0.577. The van der Waals surface area contributed by atoms with Crippen molar-refractivity contribution >= 4 is 83.0 Å². The summed E-state index contributed by atoms with van der Waals surface area (Å²) in [5.41, 5.74) is 12.7. The second-order valence-corrected chi connectivity index (χ2v) is 16.5. The average Bonchev–Trinajstić information content (AvgIpc) is 4.05. The molecule has 2 unspecified atom stereocenters. The van der Waals surface area contributed by atoms with Crippen molar-refractivity contribution in [3.63, 3.8) is 0 Å². The van der Waals surface area contributed by atoms with Crippen LogP contribution in [0.25, 0.3) is 88.8 Å². The van der Waals surface area contributed by atoms with E-state index in [0.29, 0.717) is 5.95 Å². The Morgan fingerprint density at radius 3 is 2.08 bits per heavy atom. The molecule has 5 heteroatoms. The zero-order chi connectivity index (χ0) is 39.8. The van der Waals surface area contributed by atoms with Gasteiger partial charge in [-0.1, -0.05) is 152 Å². The van der Waals surface area contributed by atoms with Crippen LogP contribution in [-0.2, 0) is 0 Å². The van der Waals surface area contributed by atoms with E-state index >= 15 is 0 Å². The van der Waals surface area contributed by atoms with Crippen LogP contribution in [0.2, 0.25) is 0 Å². The molecule has 0 radical (unpaired) electrons. The minimum Gasteiger partial charge on any atom is -0.331 e. The van der Waals surface area contributed by atoms with Crippen molar-refractivity contribution < 1.29 is 0 Å². The van der Waals surface area contributed by atoms with Gasteiger partial charge in [0.05, 0.1) is 50.6 Å². The fraction of sp³-hybridized carbons (Fsp3) is 0.0357. The minimum atomic E-state index is 0.113. The van der Waals surface area contributed by atoms with E-state index in [-0.39, 0.29) is 12.0 Å². The highest BCUT2D eigenvalue weighted by Gasteiger charge is 2.46. The quantitative estimate of drug-likeness (QED) is 0.179. The average molecular weight is 778 g/mol. The van der Waals surface area contributed by atoms with Gasteiger partial charge in [-0.2, -0.15) is 0 Å². The Morgan fingerprint density at radius 2 is 1.21 bits per heavy atom. The summed E-state index contributed by atoms with van der Waals surface area (Å²) in [6, 6.07) is 68.0. The molecule has 2 atom stereocenters. The highest BCUT2D eigenvalue weighted by atomic mass is 15.2. The number of nitrogens with zero attached hydrogens (tertiary/aromatic N) is 5. The first-order valence-electron chi connectivity index (χ1n) is 21.1.